The van der Waals surface area contributed by atoms with Gasteiger partial charge < -0.3 is 9.88 Å². The smallest absolute Gasteiger partial charge is 0.189 e. The van der Waals surface area contributed by atoms with Crippen LogP contribution in [-0.2, 0) is 6.54 Å². The molecule has 3 heteroatoms. The molecular weight excluding hydrogens is 224 g/mol. The van der Waals surface area contributed by atoms with E-state index in [-0.39, 0.29) is 5.43 Å². The minimum absolute atomic E-state index is 0.0957. The minimum Gasteiger partial charge on any atom is -0.346 e. The Balaban J connectivity index is 2.39. The van der Waals surface area contributed by atoms with Crippen LogP contribution in [0.2, 0.25) is 0 Å². The predicted octanol–water partition coefficient (Wildman–Crippen LogP) is 2.39. The molecular formula is C15H20N2O. The van der Waals surface area contributed by atoms with Crippen LogP contribution < -0.4 is 10.7 Å². The van der Waals surface area contributed by atoms with Gasteiger partial charge in [-0.25, -0.2) is 0 Å². The maximum Gasteiger partial charge on any atom is 0.189 e. The average Bonchev–Trinajstić information content (AvgIpc) is 2.41. The third kappa shape index (κ3) is 2.62. The molecule has 1 aromatic carbocycles. The Morgan fingerprint density at radius 2 is 2.06 bits per heavy atom. The van der Waals surface area contributed by atoms with Crippen molar-refractivity contribution < 1.29 is 0 Å². The highest BCUT2D eigenvalue weighted by molar-refractivity contribution is 5.78. The van der Waals surface area contributed by atoms with Gasteiger partial charge in [0.05, 0.1) is 5.52 Å². The highest BCUT2D eigenvalue weighted by Gasteiger charge is 2.08. The molecule has 1 atom stereocenters. The SMILES string of the molecule is CCCC(Cn1ccc(=O)c2ccccc21)NC. The van der Waals surface area contributed by atoms with E-state index in [1.54, 1.807) is 6.07 Å². The van der Waals surface area contributed by atoms with Gasteiger partial charge in [-0.05, 0) is 25.6 Å². The molecule has 0 saturated heterocycles. The second kappa shape index (κ2) is 5.83. The average molecular weight is 244 g/mol. The number of nitrogens with zero attached hydrogens (tertiary/aromatic N) is 1. The highest BCUT2D eigenvalue weighted by Crippen LogP contribution is 2.11. The second-order valence-corrected chi connectivity index (χ2v) is 4.62. The van der Waals surface area contributed by atoms with Crippen molar-refractivity contribution in [3.05, 3.63) is 46.8 Å². The van der Waals surface area contributed by atoms with E-state index in [0.29, 0.717) is 6.04 Å². The highest BCUT2D eigenvalue weighted by atomic mass is 16.1. The van der Waals surface area contributed by atoms with Gasteiger partial charge in [0.25, 0.3) is 0 Å². The van der Waals surface area contributed by atoms with Gasteiger partial charge in [0.1, 0.15) is 0 Å². The van der Waals surface area contributed by atoms with Crippen molar-refractivity contribution in [2.45, 2.75) is 32.4 Å². The Kier molecular flexibility index (Phi) is 4.15. The molecule has 1 unspecified atom stereocenters. The van der Waals surface area contributed by atoms with Crippen LogP contribution in [0.25, 0.3) is 10.9 Å². The third-order valence-electron chi connectivity index (χ3n) is 3.35. The topological polar surface area (TPSA) is 34.0 Å². The van der Waals surface area contributed by atoms with Crippen molar-refractivity contribution in [1.82, 2.24) is 9.88 Å². The molecule has 0 spiro atoms. The lowest BCUT2D eigenvalue weighted by Crippen LogP contribution is -2.30. The number of para-hydroxylation sites is 1. The third-order valence-corrected chi connectivity index (χ3v) is 3.35. The van der Waals surface area contributed by atoms with Crippen LogP contribution in [0.3, 0.4) is 0 Å². The summed E-state index contributed by atoms with van der Waals surface area (Å²) in [5.74, 6) is 0. The van der Waals surface area contributed by atoms with Crippen LogP contribution in [-0.4, -0.2) is 17.7 Å². The first-order valence-electron chi connectivity index (χ1n) is 6.51. The van der Waals surface area contributed by atoms with Crippen LogP contribution in [0.15, 0.2) is 41.3 Å². The summed E-state index contributed by atoms with van der Waals surface area (Å²) in [5.41, 5.74) is 1.11. The fraction of sp³-hybridized carbons (Fsp3) is 0.400. The van der Waals surface area contributed by atoms with Crippen LogP contribution in [0.5, 0.6) is 0 Å². The van der Waals surface area contributed by atoms with E-state index >= 15 is 0 Å². The van der Waals surface area contributed by atoms with Gasteiger partial charge in [0.2, 0.25) is 0 Å². The first kappa shape index (κ1) is 12.8. The molecule has 0 aliphatic heterocycles. The fourth-order valence-electron chi connectivity index (χ4n) is 2.33. The number of rotatable bonds is 5. The van der Waals surface area contributed by atoms with Gasteiger partial charge in [0, 0.05) is 30.2 Å². The zero-order valence-corrected chi connectivity index (χ0v) is 11.0. The summed E-state index contributed by atoms with van der Waals surface area (Å²) >= 11 is 0. The van der Waals surface area contributed by atoms with Gasteiger partial charge in [0.15, 0.2) is 5.43 Å². The van der Waals surface area contributed by atoms with Crippen LogP contribution in [0.1, 0.15) is 19.8 Å². The number of benzene rings is 1. The maximum absolute atomic E-state index is 11.8. The van der Waals surface area contributed by atoms with Crippen molar-refractivity contribution in [3.63, 3.8) is 0 Å². The van der Waals surface area contributed by atoms with E-state index < -0.39 is 0 Å². The first-order chi connectivity index (χ1) is 8.76. The van der Waals surface area contributed by atoms with E-state index in [1.165, 1.54) is 0 Å². The van der Waals surface area contributed by atoms with Gasteiger partial charge in [-0.2, -0.15) is 0 Å². The van der Waals surface area contributed by atoms with Crippen molar-refractivity contribution >= 4 is 10.9 Å². The van der Waals surface area contributed by atoms with Crippen molar-refractivity contribution in [2.75, 3.05) is 7.05 Å². The standard InChI is InChI=1S/C15H20N2O/c1-3-6-12(16-2)11-17-10-9-15(18)13-7-4-5-8-14(13)17/h4-5,7-10,12,16H,3,6,11H2,1-2H3. The molecule has 0 aliphatic rings. The van der Waals surface area contributed by atoms with Gasteiger partial charge in [-0.15, -0.1) is 0 Å². The summed E-state index contributed by atoms with van der Waals surface area (Å²) in [6, 6.07) is 9.89. The molecule has 0 saturated carbocycles. The Labute approximate surface area is 107 Å². The minimum atomic E-state index is 0.0957. The molecule has 3 nitrogen and oxygen atoms in total. The summed E-state index contributed by atoms with van der Waals surface area (Å²) in [4.78, 5) is 11.8. The summed E-state index contributed by atoms with van der Waals surface area (Å²) < 4.78 is 2.16. The molecule has 0 amide bonds. The molecule has 1 N–H and O–H groups in total. The Hall–Kier alpha value is -1.61. The van der Waals surface area contributed by atoms with E-state index in [1.807, 2.05) is 37.5 Å². The monoisotopic (exact) mass is 244 g/mol. The fourth-order valence-corrected chi connectivity index (χ4v) is 2.33. The lowest BCUT2D eigenvalue weighted by Gasteiger charge is -2.18. The van der Waals surface area contributed by atoms with Gasteiger partial charge in [-0.1, -0.05) is 25.5 Å². The van der Waals surface area contributed by atoms with Crippen molar-refractivity contribution in [2.24, 2.45) is 0 Å². The normalized spacial score (nSPS) is 12.8. The van der Waals surface area contributed by atoms with E-state index in [9.17, 15) is 4.79 Å². The predicted molar refractivity (Wildman–Crippen MR) is 76.0 cm³/mol. The van der Waals surface area contributed by atoms with E-state index in [4.69, 9.17) is 0 Å². The first-order valence-corrected chi connectivity index (χ1v) is 6.51. The van der Waals surface area contributed by atoms with Crippen LogP contribution in [0.4, 0.5) is 0 Å². The summed E-state index contributed by atoms with van der Waals surface area (Å²) in [7, 11) is 1.99. The maximum atomic E-state index is 11.8. The zero-order chi connectivity index (χ0) is 13.0. The Morgan fingerprint density at radius 1 is 1.28 bits per heavy atom. The van der Waals surface area contributed by atoms with E-state index in [2.05, 4.69) is 16.8 Å². The number of hydrogen-bond acceptors (Lipinski definition) is 2. The molecule has 96 valence electrons. The number of hydrogen-bond donors (Lipinski definition) is 1. The van der Waals surface area contributed by atoms with Crippen LogP contribution >= 0.6 is 0 Å². The number of nitrogens with one attached hydrogen (secondary N) is 1. The zero-order valence-electron chi connectivity index (χ0n) is 11.0. The summed E-state index contributed by atoms with van der Waals surface area (Å²) in [6.07, 6.45) is 4.19. The van der Waals surface area contributed by atoms with Gasteiger partial charge in [-0.3, -0.25) is 4.79 Å². The molecule has 2 aromatic rings. The van der Waals surface area contributed by atoms with Gasteiger partial charge >= 0.3 is 0 Å². The lowest BCUT2D eigenvalue weighted by molar-refractivity contribution is 0.454. The summed E-state index contributed by atoms with van der Waals surface area (Å²) in [6.45, 7) is 3.08. The molecule has 1 heterocycles. The molecule has 0 fully saturated rings. The number of pyridine rings is 1. The molecule has 2 rings (SSSR count). The van der Waals surface area contributed by atoms with Crippen LogP contribution in [0, 0.1) is 0 Å². The Morgan fingerprint density at radius 3 is 2.78 bits per heavy atom. The molecule has 0 bridgehead atoms. The quantitative estimate of drug-likeness (QED) is 0.876. The number of aromatic nitrogens is 1. The summed E-state index contributed by atoms with van der Waals surface area (Å²) in [5, 5.41) is 4.13. The van der Waals surface area contributed by atoms with Crippen molar-refractivity contribution in [3.8, 4) is 0 Å². The molecule has 1 aromatic heterocycles. The Bertz CT molecular complexity index is 574. The largest absolute Gasteiger partial charge is 0.346 e. The molecule has 0 radical (unpaired) electrons. The lowest BCUT2D eigenvalue weighted by atomic mass is 10.1. The van der Waals surface area contributed by atoms with Crippen molar-refractivity contribution in [1.29, 1.82) is 0 Å². The molecule has 18 heavy (non-hydrogen) atoms. The molecule has 0 aliphatic carbocycles. The number of likely N-dealkylation sites (N-methyl/N-ethyl adjacent to an activating group) is 1. The second-order valence-electron chi connectivity index (χ2n) is 4.62. The van der Waals surface area contributed by atoms with E-state index in [0.717, 1.165) is 30.3 Å². The number of fused-ring (bicyclic) bond motifs is 1.